The fraction of sp³-hybridized carbons (Fsp3) is 0.455. The van der Waals surface area contributed by atoms with Gasteiger partial charge in [0.05, 0.1) is 12.1 Å². The van der Waals surface area contributed by atoms with Crippen LogP contribution < -0.4 is 15.1 Å². The summed E-state index contributed by atoms with van der Waals surface area (Å²) >= 11 is 0. The summed E-state index contributed by atoms with van der Waals surface area (Å²) in [6.45, 7) is 1.90. The van der Waals surface area contributed by atoms with Crippen LogP contribution in [0.4, 0.5) is 11.5 Å². The second-order valence-corrected chi connectivity index (χ2v) is 8.45. The minimum absolute atomic E-state index is 0.0435. The summed E-state index contributed by atoms with van der Waals surface area (Å²) in [4.78, 5) is 33.0. The molecule has 1 aliphatic carbocycles. The van der Waals surface area contributed by atoms with Crippen molar-refractivity contribution in [3.05, 3.63) is 41.6 Å². The molecule has 3 aliphatic rings. The van der Waals surface area contributed by atoms with Crippen LogP contribution in [0.15, 0.2) is 35.7 Å². The minimum Gasteiger partial charge on any atom is -0.488 e. The third-order valence-electron chi connectivity index (χ3n) is 6.10. The second kappa shape index (κ2) is 7.72. The smallest absolute Gasteiger partial charge is 0.255 e. The number of fused-ring (bicyclic) bond motifs is 2. The first-order chi connectivity index (χ1) is 15.0. The van der Waals surface area contributed by atoms with E-state index in [1.807, 2.05) is 28.0 Å². The van der Waals surface area contributed by atoms with Gasteiger partial charge in [-0.2, -0.15) is 5.10 Å². The van der Waals surface area contributed by atoms with Crippen molar-refractivity contribution in [1.82, 2.24) is 19.5 Å². The van der Waals surface area contributed by atoms with Crippen LogP contribution in [0.25, 0.3) is 0 Å². The summed E-state index contributed by atoms with van der Waals surface area (Å²) in [6, 6.07) is 5.90. The summed E-state index contributed by atoms with van der Waals surface area (Å²) in [7, 11) is 3.61. The van der Waals surface area contributed by atoms with Crippen LogP contribution in [0.1, 0.15) is 29.6 Å². The number of nitrogens with zero attached hydrogens (tertiary/aromatic N) is 6. The van der Waals surface area contributed by atoms with Crippen LogP contribution in [0.5, 0.6) is 5.75 Å². The van der Waals surface area contributed by atoms with E-state index in [0.717, 1.165) is 31.5 Å². The second-order valence-electron chi connectivity index (χ2n) is 8.45. The molecule has 2 atom stereocenters. The third-order valence-corrected chi connectivity index (χ3v) is 6.10. The first-order valence-electron chi connectivity index (χ1n) is 10.7. The summed E-state index contributed by atoms with van der Waals surface area (Å²) in [5, 5.41) is 6.02. The SMILES string of the molecule is CN(C)/N=c1/cc(N2CCOc3cc(C(=O)N4CCCC5CC54)cnc32)ccn1C=O. The number of hydrogen-bond donors (Lipinski definition) is 0. The van der Waals surface area contributed by atoms with Gasteiger partial charge in [-0.05, 0) is 37.3 Å². The Bertz CT molecular complexity index is 1090. The van der Waals surface area contributed by atoms with Gasteiger partial charge in [0, 0.05) is 50.8 Å². The van der Waals surface area contributed by atoms with Crippen molar-refractivity contribution in [2.24, 2.45) is 11.0 Å². The van der Waals surface area contributed by atoms with Crippen molar-refractivity contribution in [2.45, 2.75) is 25.3 Å². The first-order valence-corrected chi connectivity index (χ1v) is 10.7. The van der Waals surface area contributed by atoms with Gasteiger partial charge in [0.25, 0.3) is 5.91 Å². The number of hydrogen-bond acceptors (Lipinski definition) is 7. The van der Waals surface area contributed by atoms with Crippen LogP contribution >= 0.6 is 0 Å². The van der Waals surface area contributed by atoms with Crippen molar-refractivity contribution >= 4 is 23.8 Å². The maximum Gasteiger partial charge on any atom is 0.255 e. The monoisotopic (exact) mass is 422 g/mol. The quantitative estimate of drug-likeness (QED) is 0.548. The Morgan fingerprint density at radius 1 is 1.32 bits per heavy atom. The topological polar surface area (TPSA) is 83.3 Å². The summed E-state index contributed by atoms with van der Waals surface area (Å²) in [6.07, 6.45) is 7.49. The molecule has 0 aromatic carbocycles. The maximum absolute atomic E-state index is 13.1. The fourth-order valence-corrected chi connectivity index (χ4v) is 4.53. The Morgan fingerprint density at radius 2 is 2.19 bits per heavy atom. The number of likely N-dealkylation sites (tertiary alicyclic amines) is 1. The highest BCUT2D eigenvalue weighted by Crippen LogP contribution is 2.44. The molecule has 1 saturated carbocycles. The van der Waals surface area contributed by atoms with Gasteiger partial charge in [0.2, 0.25) is 6.41 Å². The molecule has 2 aromatic rings. The highest BCUT2D eigenvalue weighted by atomic mass is 16.5. The number of amides is 1. The van der Waals surface area contributed by atoms with Crippen LogP contribution in [0.2, 0.25) is 0 Å². The average Bonchev–Trinajstić information content (AvgIpc) is 3.57. The van der Waals surface area contributed by atoms with Crippen LogP contribution in [0.3, 0.4) is 0 Å². The number of carbonyl (C=O) groups is 2. The van der Waals surface area contributed by atoms with E-state index in [9.17, 15) is 9.59 Å². The molecule has 4 heterocycles. The molecule has 0 N–H and O–H groups in total. The molecule has 2 unspecified atom stereocenters. The minimum atomic E-state index is 0.0435. The molecule has 162 valence electrons. The Labute approximate surface area is 180 Å². The highest BCUT2D eigenvalue weighted by molar-refractivity contribution is 5.95. The van der Waals surface area contributed by atoms with E-state index in [1.165, 1.54) is 11.0 Å². The van der Waals surface area contributed by atoms with Gasteiger partial charge in [-0.25, -0.2) is 4.98 Å². The average molecular weight is 422 g/mol. The van der Waals surface area contributed by atoms with E-state index < -0.39 is 0 Å². The molecule has 31 heavy (non-hydrogen) atoms. The Hall–Kier alpha value is -3.36. The van der Waals surface area contributed by atoms with Crippen molar-refractivity contribution in [2.75, 3.05) is 38.7 Å². The number of piperidine rings is 1. The molecule has 2 fully saturated rings. The lowest BCUT2D eigenvalue weighted by Crippen LogP contribution is -2.37. The van der Waals surface area contributed by atoms with Gasteiger partial charge in [-0.3, -0.25) is 14.2 Å². The molecule has 2 aliphatic heterocycles. The third kappa shape index (κ3) is 3.64. The van der Waals surface area contributed by atoms with Gasteiger partial charge >= 0.3 is 0 Å². The van der Waals surface area contributed by atoms with Crippen molar-refractivity contribution in [1.29, 1.82) is 0 Å². The summed E-state index contributed by atoms with van der Waals surface area (Å²) in [5.74, 6) is 1.98. The molecule has 0 spiro atoms. The standard InChI is InChI=1S/C22H26N6O3/c1-25(2)24-20-12-17(5-7-26(20)14-29)27-8-9-31-19-11-16(13-23-21(19)27)22(30)28-6-3-4-15-10-18(15)28/h5,7,11-15,18H,3-4,6,8-10H2,1-2H3/b24-20-. The van der Waals surface area contributed by atoms with E-state index in [2.05, 4.69) is 10.1 Å². The van der Waals surface area contributed by atoms with E-state index in [-0.39, 0.29) is 5.91 Å². The number of anilines is 2. The van der Waals surface area contributed by atoms with Gasteiger partial charge in [0.1, 0.15) is 6.61 Å². The lowest BCUT2D eigenvalue weighted by Gasteiger charge is -2.31. The molecular weight excluding hydrogens is 396 g/mol. The first kappa shape index (κ1) is 19.6. The van der Waals surface area contributed by atoms with Crippen LogP contribution in [0, 0.1) is 5.92 Å². The van der Waals surface area contributed by atoms with Crippen LogP contribution in [-0.4, -0.2) is 71.6 Å². The molecule has 2 aromatic heterocycles. The predicted octanol–water partition coefficient (Wildman–Crippen LogP) is 1.45. The van der Waals surface area contributed by atoms with E-state index >= 15 is 0 Å². The van der Waals surface area contributed by atoms with Crippen molar-refractivity contribution < 1.29 is 14.3 Å². The molecule has 9 heteroatoms. The Morgan fingerprint density at radius 3 is 3.00 bits per heavy atom. The number of aromatic nitrogens is 2. The van der Waals surface area contributed by atoms with E-state index in [1.54, 1.807) is 31.5 Å². The predicted molar refractivity (Wildman–Crippen MR) is 115 cm³/mol. The molecule has 1 saturated heterocycles. The van der Waals surface area contributed by atoms with Gasteiger partial charge < -0.3 is 19.5 Å². The summed E-state index contributed by atoms with van der Waals surface area (Å²) < 4.78 is 7.28. The fourth-order valence-electron chi connectivity index (χ4n) is 4.53. The van der Waals surface area contributed by atoms with E-state index in [0.29, 0.717) is 47.7 Å². The Kier molecular flexibility index (Phi) is 4.88. The number of pyridine rings is 2. The van der Waals surface area contributed by atoms with Gasteiger partial charge in [0.15, 0.2) is 17.1 Å². The molecule has 0 bridgehead atoms. The largest absolute Gasteiger partial charge is 0.488 e. The molecule has 1 amide bonds. The number of rotatable bonds is 4. The molecule has 0 radical (unpaired) electrons. The number of ether oxygens (including phenoxy) is 1. The molecular formula is C22H26N6O3. The molecule has 5 rings (SSSR count). The van der Waals surface area contributed by atoms with Crippen molar-refractivity contribution in [3.8, 4) is 5.75 Å². The van der Waals surface area contributed by atoms with Crippen LogP contribution in [-0.2, 0) is 4.79 Å². The Balaban J connectivity index is 1.46. The lowest BCUT2D eigenvalue weighted by molar-refractivity contribution is 0.0705. The van der Waals surface area contributed by atoms with Gasteiger partial charge in [-0.1, -0.05) is 0 Å². The number of carbonyl (C=O) groups excluding carboxylic acids is 2. The van der Waals surface area contributed by atoms with Crippen molar-refractivity contribution in [3.63, 3.8) is 0 Å². The summed E-state index contributed by atoms with van der Waals surface area (Å²) in [5.41, 5.74) is 1.94. The zero-order valence-corrected chi connectivity index (χ0v) is 17.8. The zero-order chi connectivity index (χ0) is 21.5. The normalized spacial score (nSPS) is 22.3. The molecule has 9 nitrogen and oxygen atoms in total. The lowest BCUT2D eigenvalue weighted by atomic mass is 10.1. The highest BCUT2D eigenvalue weighted by Gasteiger charge is 2.46. The zero-order valence-electron chi connectivity index (χ0n) is 17.8. The maximum atomic E-state index is 13.1. The van der Waals surface area contributed by atoms with Gasteiger partial charge in [-0.15, -0.1) is 0 Å². The van der Waals surface area contributed by atoms with E-state index in [4.69, 9.17) is 4.74 Å².